The lowest BCUT2D eigenvalue weighted by Crippen LogP contribution is -2.11. The van der Waals surface area contributed by atoms with E-state index in [1.807, 2.05) is 4.68 Å². The number of aromatic nitrogens is 3. The van der Waals surface area contributed by atoms with Crippen LogP contribution in [0.4, 0.5) is 0 Å². The molecule has 16 heavy (non-hydrogen) atoms. The van der Waals surface area contributed by atoms with Crippen LogP contribution in [0.5, 0.6) is 0 Å². The molecule has 0 saturated carbocycles. The third-order valence-corrected chi connectivity index (χ3v) is 2.76. The molecule has 0 amide bonds. The Morgan fingerprint density at radius 3 is 2.75 bits per heavy atom. The van der Waals surface area contributed by atoms with Crippen LogP contribution in [0.2, 0.25) is 0 Å². The molecule has 0 saturated heterocycles. The van der Waals surface area contributed by atoms with E-state index in [1.165, 1.54) is 0 Å². The quantitative estimate of drug-likeness (QED) is 0.692. The first-order valence-corrected chi connectivity index (χ1v) is 6.18. The Kier molecular flexibility index (Phi) is 5.77. The fourth-order valence-electron chi connectivity index (χ4n) is 1.53. The zero-order valence-corrected chi connectivity index (χ0v) is 11.0. The second-order valence-electron chi connectivity index (χ2n) is 4.26. The van der Waals surface area contributed by atoms with Gasteiger partial charge in [-0.25, -0.2) is 4.68 Å². The van der Waals surface area contributed by atoms with Crippen molar-refractivity contribution in [3.05, 3.63) is 11.4 Å². The number of nitrogens with zero attached hydrogens (tertiary/aromatic N) is 3. The van der Waals surface area contributed by atoms with Crippen LogP contribution in [0.1, 0.15) is 31.7 Å². The molecule has 92 valence electrons. The van der Waals surface area contributed by atoms with Gasteiger partial charge in [0.15, 0.2) is 0 Å². The number of halogens is 1. The van der Waals surface area contributed by atoms with Crippen LogP contribution in [0, 0.1) is 5.92 Å². The average molecular weight is 246 g/mol. The van der Waals surface area contributed by atoms with E-state index in [2.05, 4.69) is 24.2 Å². The van der Waals surface area contributed by atoms with Gasteiger partial charge in [-0.3, -0.25) is 0 Å². The summed E-state index contributed by atoms with van der Waals surface area (Å²) < 4.78 is 6.95. The highest BCUT2D eigenvalue weighted by atomic mass is 35.5. The molecular formula is C11H20ClN3O. The van der Waals surface area contributed by atoms with E-state index >= 15 is 0 Å². The minimum Gasteiger partial charge on any atom is -0.383 e. The standard InChI is InChI=1S/C11H20ClN3O/c1-9(2)4-5-11-10(8-12)13-14-15(11)6-7-16-3/h9H,4-8H2,1-3H3. The zero-order valence-electron chi connectivity index (χ0n) is 10.2. The second-order valence-corrected chi connectivity index (χ2v) is 4.53. The first kappa shape index (κ1) is 13.5. The minimum absolute atomic E-state index is 0.431. The van der Waals surface area contributed by atoms with Crippen LogP contribution in [0.3, 0.4) is 0 Å². The van der Waals surface area contributed by atoms with Crippen molar-refractivity contribution in [1.29, 1.82) is 0 Å². The van der Waals surface area contributed by atoms with Gasteiger partial charge in [-0.1, -0.05) is 19.1 Å². The van der Waals surface area contributed by atoms with Gasteiger partial charge in [0.2, 0.25) is 0 Å². The van der Waals surface area contributed by atoms with Gasteiger partial charge in [0.05, 0.1) is 24.7 Å². The molecule has 4 nitrogen and oxygen atoms in total. The predicted molar refractivity (Wildman–Crippen MR) is 64.6 cm³/mol. The Labute approximate surface area is 102 Å². The Bertz CT molecular complexity index is 312. The highest BCUT2D eigenvalue weighted by molar-refractivity contribution is 6.16. The maximum Gasteiger partial charge on any atom is 0.101 e. The fraction of sp³-hybridized carbons (Fsp3) is 0.818. The van der Waals surface area contributed by atoms with E-state index in [0.29, 0.717) is 18.4 Å². The van der Waals surface area contributed by atoms with Gasteiger partial charge in [0, 0.05) is 7.11 Å². The van der Waals surface area contributed by atoms with Crippen molar-refractivity contribution in [3.63, 3.8) is 0 Å². The van der Waals surface area contributed by atoms with Crippen LogP contribution in [-0.2, 0) is 23.6 Å². The number of hydrogen-bond acceptors (Lipinski definition) is 3. The van der Waals surface area contributed by atoms with Crippen LogP contribution >= 0.6 is 11.6 Å². The van der Waals surface area contributed by atoms with Crippen LogP contribution in [0.15, 0.2) is 0 Å². The van der Waals surface area contributed by atoms with Crippen LogP contribution in [0.25, 0.3) is 0 Å². The maximum atomic E-state index is 5.85. The molecule has 5 heteroatoms. The largest absolute Gasteiger partial charge is 0.383 e. The summed E-state index contributed by atoms with van der Waals surface area (Å²) in [7, 11) is 1.69. The smallest absolute Gasteiger partial charge is 0.101 e. The molecule has 1 heterocycles. The number of methoxy groups -OCH3 is 1. The lowest BCUT2D eigenvalue weighted by Gasteiger charge is -2.08. The first-order chi connectivity index (χ1) is 7.69. The summed E-state index contributed by atoms with van der Waals surface area (Å²) in [5.41, 5.74) is 2.05. The molecule has 0 unspecified atom stereocenters. The third-order valence-electron chi connectivity index (χ3n) is 2.51. The molecule has 0 N–H and O–H groups in total. The predicted octanol–water partition coefficient (Wildman–Crippen LogP) is 2.25. The molecule has 1 rings (SSSR count). The summed E-state index contributed by atoms with van der Waals surface area (Å²) in [5, 5.41) is 8.20. The second kappa shape index (κ2) is 6.86. The summed E-state index contributed by atoms with van der Waals surface area (Å²) in [6.07, 6.45) is 2.11. The minimum atomic E-state index is 0.431. The molecule has 1 aromatic heterocycles. The number of ether oxygens (including phenoxy) is 1. The monoisotopic (exact) mass is 245 g/mol. The fourth-order valence-corrected chi connectivity index (χ4v) is 1.74. The molecule has 0 aromatic carbocycles. The molecule has 0 aliphatic heterocycles. The Morgan fingerprint density at radius 1 is 1.44 bits per heavy atom. The maximum absolute atomic E-state index is 5.85. The van der Waals surface area contributed by atoms with E-state index in [4.69, 9.17) is 16.3 Å². The van der Waals surface area contributed by atoms with Crippen molar-refractivity contribution in [2.45, 2.75) is 39.1 Å². The van der Waals surface area contributed by atoms with Crippen molar-refractivity contribution in [2.24, 2.45) is 5.92 Å². The molecule has 0 bridgehead atoms. The van der Waals surface area contributed by atoms with E-state index in [9.17, 15) is 0 Å². The van der Waals surface area contributed by atoms with Gasteiger partial charge in [-0.05, 0) is 18.8 Å². The van der Waals surface area contributed by atoms with E-state index in [0.717, 1.165) is 30.8 Å². The van der Waals surface area contributed by atoms with Crippen molar-refractivity contribution < 1.29 is 4.74 Å². The lowest BCUT2D eigenvalue weighted by molar-refractivity contribution is 0.181. The Hall–Kier alpha value is -0.610. The van der Waals surface area contributed by atoms with Gasteiger partial charge in [-0.2, -0.15) is 0 Å². The van der Waals surface area contributed by atoms with Gasteiger partial charge in [-0.15, -0.1) is 16.7 Å². The molecule has 0 radical (unpaired) electrons. The van der Waals surface area contributed by atoms with Gasteiger partial charge in [0.1, 0.15) is 5.69 Å². The SMILES string of the molecule is COCCn1nnc(CCl)c1CCC(C)C. The van der Waals surface area contributed by atoms with Gasteiger partial charge in [0.25, 0.3) is 0 Å². The average Bonchev–Trinajstić information content (AvgIpc) is 2.65. The molecule has 1 aromatic rings. The highest BCUT2D eigenvalue weighted by Gasteiger charge is 2.12. The molecule has 0 fully saturated rings. The van der Waals surface area contributed by atoms with Gasteiger partial charge >= 0.3 is 0 Å². The summed E-state index contributed by atoms with van der Waals surface area (Å²) in [5.74, 6) is 1.11. The zero-order chi connectivity index (χ0) is 12.0. The topological polar surface area (TPSA) is 39.9 Å². The molecule has 0 spiro atoms. The van der Waals surface area contributed by atoms with Gasteiger partial charge < -0.3 is 4.74 Å². The first-order valence-electron chi connectivity index (χ1n) is 5.65. The van der Waals surface area contributed by atoms with Crippen molar-refractivity contribution in [3.8, 4) is 0 Å². The Balaban J connectivity index is 2.71. The number of alkyl halides is 1. The lowest BCUT2D eigenvalue weighted by atomic mass is 10.1. The number of rotatable bonds is 7. The molecule has 0 atom stereocenters. The number of hydrogen-bond donors (Lipinski definition) is 0. The summed E-state index contributed by atoms with van der Waals surface area (Å²) in [6, 6.07) is 0. The summed E-state index contributed by atoms with van der Waals surface area (Å²) in [4.78, 5) is 0. The van der Waals surface area contributed by atoms with Crippen molar-refractivity contribution in [2.75, 3.05) is 13.7 Å². The molecule has 0 aliphatic carbocycles. The summed E-state index contributed by atoms with van der Waals surface area (Å²) in [6.45, 7) is 5.82. The van der Waals surface area contributed by atoms with Crippen molar-refractivity contribution >= 4 is 11.6 Å². The Morgan fingerprint density at radius 2 is 2.19 bits per heavy atom. The third kappa shape index (κ3) is 3.76. The van der Waals surface area contributed by atoms with E-state index < -0.39 is 0 Å². The normalized spacial score (nSPS) is 11.3. The van der Waals surface area contributed by atoms with E-state index in [-0.39, 0.29) is 0 Å². The summed E-state index contributed by atoms with van der Waals surface area (Å²) >= 11 is 5.85. The van der Waals surface area contributed by atoms with E-state index in [1.54, 1.807) is 7.11 Å². The molecular weight excluding hydrogens is 226 g/mol. The van der Waals surface area contributed by atoms with Crippen LogP contribution < -0.4 is 0 Å². The highest BCUT2D eigenvalue weighted by Crippen LogP contribution is 2.14. The molecule has 0 aliphatic rings. The van der Waals surface area contributed by atoms with Crippen molar-refractivity contribution in [1.82, 2.24) is 15.0 Å². The van der Waals surface area contributed by atoms with Crippen LogP contribution in [-0.4, -0.2) is 28.7 Å².